The van der Waals surface area contributed by atoms with Crippen molar-refractivity contribution in [1.82, 2.24) is 19.8 Å². The Kier molecular flexibility index (Phi) is 7.42. The largest absolute Gasteiger partial charge is 0.474 e. The lowest BCUT2D eigenvalue weighted by Crippen LogP contribution is -2.65. The van der Waals surface area contributed by atoms with Gasteiger partial charge in [-0.2, -0.15) is 0 Å². The van der Waals surface area contributed by atoms with E-state index in [1.54, 1.807) is 21.7 Å². The second-order valence-corrected chi connectivity index (χ2v) is 13.0. The number of ether oxygens (including phenoxy) is 1. The molecule has 5 aliphatic heterocycles. The molecule has 12 nitrogen and oxygen atoms in total. The maximum atomic E-state index is 13.9. The summed E-state index contributed by atoms with van der Waals surface area (Å²) in [7, 11) is 5.74. The fourth-order valence-corrected chi connectivity index (χ4v) is 7.79. The van der Waals surface area contributed by atoms with Crippen LogP contribution < -0.4 is 24.3 Å². The fourth-order valence-electron chi connectivity index (χ4n) is 7.79. The summed E-state index contributed by atoms with van der Waals surface area (Å²) >= 11 is 0. The maximum Gasteiger partial charge on any atom is 0.251 e. The average molecular weight is 615 g/mol. The number of aryl methyl sites for hydroxylation is 1. The molecule has 0 N–H and O–H groups in total. The number of likely N-dealkylation sites (tertiary alicyclic amines) is 1. The van der Waals surface area contributed by atoms with Crippen LogP contribution in [-0.2, 0) is 33.8 Å². The van der Waals surface area contributed by atoms with Gasteiger partial charge < -0.3 is 34.1 Å². The molecule has 7 rings (SSSR count). The molecule has 0 unspecified atom stereocenters. The van der Waals surface area contributed by atoms with Crippen LogP contribution in [0.1, 0.15) is 43.0 Å². The highest BCUT2D eigenvalue weighted by Gasteiger charge is 2.47. The Morgan fingerprint density at radius 1 is 1.07 bits per heavy atom. The number of amides is 3. The third kappa shape index (κ3) is 4.81. The van der Waals surface area contributed by atoms with E-state index in [0.717, 1.165) is 53.4 Å². The minimum Gasteiger partial charge on any atom is -0.474 e. The standard InChI is InChI=1S/C33H42N8O4/c1-6-26(42)40-18-25-33(44)38(5)30-29(41(25)16-20(40)2)23-12-15-39(31-28-21(11-13-34-31)9-10-27(43)37(28)4)17-24(23)35-32(30)45-19-22-8-7-14-36(22)3/h6,11,13,20,22,25H,1,7-10,12,14-19H2,2-5H3/t20-,22+,25-/m1/s1. The van der Waals surface area contributed by atoms with Crippen molar-refractivity contribution in [2.45, 2.75) is 63.7 Å². The first-order valence-corrected chi connectivity index (χ1v) is 16.0. The number of pyridine rings is 2. The smallest absolute Gasteiger partial charge is 0.251 e. The number of carbonyl (C=O) groups excluding carboxylic acids is 3. The van der Waals surface area contributed by atoms with Gasteiger partial charge in [0.15, 0.2) is 5.82 Å². The second kappa shape index (κ2) is 11.3. The summed E-state index contributed by atoms with van der Waals surface area (Å²) in [6.07, 6.45) is 7.24. The molecule has 3 atom stereocenters. The fraction of sp³-hybridized carbons (Fsp3) is 0.545. The van der Waals surface area contributed by atoms with Crippen molar-refractivity contribution in [2.24, 2.45) is 0 Å². The first-order valence-electron chi connectivity index (χ1n) is 16.0. The Morgan fingerprint density at radius 2 is 1.89 bits per heavy atom. The lowest BCUT2D eigenvalue weighted by molar-refractivity contribution is -0.130. The number of piperazine rings is 1. The summed E-state index contributed by atoms with van der Waals surface area (Å²) in [5, 5.41) is 0. The van der Waals surface area contributed by atoms with Gasteiger partial charge in [-0.05, 0) is 63.9 Å². The number of hydrogen-bond donors (Lipinski definition) is 0. The van der Waals surface area contributed by atoms with Gasteiger partial charge >= 0.3 is 0 Å². The molecule has 238 valence electrons. The highest BCUT2D eigenvalue weighted by atomic mass is 16.5. The molecule has 45 heavy (non-hydrogen) atoms. The second-order valence-electron chi connectivity index (χ2n) is 13.0. The van der Waals surface area contributed by atoms with Crippen LogP contribution in [0.4, 0.5) is 22.9 Å². The van der Waals surface area contributed by atoms with Gasteiger partial charge in [-0.25, -0.2) is 9.97 Å². The van der Waals surface area contributed by atoms with Crippen LogP contribution in [-0.4, -0.2) is 110 Å². The van der Waals surface area contributed by atoms with Crippen LogP contribution in [0.3, 0.4) is 0 Å². The van der Waals surface area contributed by atoms with E-state index in [1.807, 2.05) is 26.2 Å². The Balaban J connectivity index is 1.31. The zero-order valence-corrected chi connectivity index (χ0v) is 26.7. The van der Waals surface area contributed by atoms with Gasteiger partial charge in [-0.15, -0.1) is 0 Å². The molecule has 0 spiro atoms. The molecule has 2 fully saturated rings. The Morgan fingerprint density at radius 3 is 2.64 bits per heavy atom. The van der Waals surface area contributed by atoms with Crippen LogP contribution in [0.15, 0.2) is 24.9 Å². The molecule has 12 heteroatoms. The third-order valence-electron chi connectivity index (χ3n) is 10.4. The average Bonchev–Trinajstić information content (AvgIpc) is 3.46. The molecule has 0 radical (unpaired) electrons. The van der Waals surface area contributed by atoms with E-state index in [9.17, 15) is 14.4 Å². The van der Waals surface area contributed by atoms with E-state index < -0.39 is 6.04 Å². The zero-order chi connectivity index (χ0) is 31.6. The minimum atomic E-state index is -0.511. The molecule has 0 aliphatic carbocycles. The molecule has 0 bridgehead atoms. The van der Waals surface area contributed by atoms with Gasteiger partial charge in [-0.1, -0.05) is 6.58 Å². The van der Waals surface area contributed by atoms with Gasteiger partial charge in [0.25, 0.3) is 5.91 Å². The van der Waals surface area contributed by atoms with Crippen LogP contribution in [0, 0.1) is 0 Å². The van der Waals surface area contributed by atoms with Crippen LogP contribution in [0.5, 0.6) is 5.88 Å². The van der Waals surface area contributed by atoms with Crippen molar-refractivity contribution in [3.63, 3.8) is 0 Å². The molecular formula is C33H42N8O4. The summed E-state index contributed by atoms with van der Waals surface area (Å²) in [6.45, 7) is 9.22. The topological polar surface area (TPSA) is 106 Å². The molecule has 0 saturated carbocycles. The van der Waals surface area contributed by atoms with Crippen molar-refractivity contribution in [2.75, 3.05) is 73.5 Å². The van der Waals surface area contributed by atoms with Crippen molar-refractivity contribution in [1.29, 1.82) is 0 Å². The molecule has 3 amide bonds. The molecule has 7 heterocycles. The monoisotopic (exact) mass is 614 g/mol. The van der Waals surface area contributed by atoms with Gasteiger partial charge in [0.1, 0.15) is 18.3 Å². The molecular weight excluding hydrogens is 572 g/mol. The van der Waals surface area contributed by atoms with Crippen molar-refractivity contribution < 1.29 is 19.1 Å². The summed E-state index contributed by atoms with van der Waals surface area (Å²) in [6, 6.07) is 1.67. The van der Waals surface area contributed by atoms with Crippen LogP contribution >= 0.6 is 0 Å². The van der Waals surface area contributed by atoms with Crippen LogP contribution in [0.25, 0.3) is 0 Å². The quantitative estimate of drug-likeness (QED) is 0.468. The summed E-state index contributed by atoms with van der Waals surface area (Å²) in [4.78, 5) is 61.1. The van der Waals surface area contributed by atoms with Gasteiger partial charge in [-0.3, -0.25) is 14.4 Å². The van der Waals surface area contributed by atoms with Crippen molar-refractivity contribution in [3.8, 4) is 5.88 Å². The van der Waals surface area contributed by atoms with E-state index in [4.69, 9.17) is 14.7 Å². The van der Waals surface area contributed by atoms with E-state index in [1.165, 1.54) is 6.08 Å². The maximum absolute atomic E-state index is 13.9. The first kappa shape index (κ1) is 29.5. The number of anilines is 4. The highest BCUT2D eigenvalue weighted by Crippen LogP contribution is 2.48. The Hall–Kier alpha value is -4.19. The van der Waals surface area contributed by atoms with Crippen molar-refractivity contribution in [3.05, 3.63) is 41.7 Å². The number of hydrogen-bond acceptors (Lipinski definition) is 9. The molecule has 2 saturated heterocycles. The summed E-state index contributed by atoms with van der Waals surface area (Å²) in [5.74, 6) is 1.11. The van der Waals surface area contributed by atoms with E-state index >= 15 is 0 Å². The normalized spacial score (nSPS) is 24.7. The number of fused-ring (bicyclic) bond motifs is 6. The molecule has 0 aromatic carbocycles. The predicted octanol–water partition coefficient (Wildman–Crippen LogP) is 1.99. The minimum absolute atomic E-state index is 0.0777. The number of nitrogens with zero attached hydrogens (tertiary/aromatic N) is 8. The summed E-state index contributed by atoms with van der Waals surface area (Å²) < 4.78 is 6.55. The first-order chi connectivity index (χ1) is 21.7. The molecule has 5 aliphatic rings. The predicted molar refractivity (Wildman–Crippen MR) is 172 cm³/mol. The lowest BCUT2D eigenvalue weighted by Gasteiger charge is -2.51. The zero-order valence-electron chi connectivity index (χ0n) is 26.7. The molecule has 2 aromatic rings. The number of rotatable bonds is 5. The number of aromatic nitrogens is 2. The number of likely N-dealkylation sites (N-methyl/N-ethyl adjacent to an activating group) is 2. The number of carbonyl (C=O) groups is 3. The van der Waals surface area contributed by atoms with Crippen molar-refractivity contribution >= 4 is 40.6 Å². The highest BCUT2D eigenvalue weighted by molar-refractivity contribution is 6.08. The lowest BCUT2D eigenvalue weighted by atomic mass is 9.94. The summed E-state index contributed by atoms with van der Waals surface area (Å²) in [5.41, 5.74) is 5.67. The SMILES string of the molecule is C=CC(=O)N1C[C@@H]2C(=O)N(C)c3c(OC[C@@H]4CCCN4C)nc4c(c3N2C[C@H]1C)CCN(c1nccc2c1N(C)C(=O)CC2)C4. The third-order valence-corrected chi connectivity index (χ3v) is 10.4. The van der Waals surface area contributed by atoms with E-state index in [2.05, 4.69) is 28.3 Å². The molecule has 2 aromatic heterocycles. The van der Waals surface area contributed by atoms with E-state index in [0.29, 0.717) is 63.6 Å². The van der Waals surface area contributed by atoms with Gasteiger partial charge in [0.2, 0.25) is 17.7 Å². The van der Waals surface area contributed by atoms with Gasteiger partial charge in [0.05, 0.1) is 30.2 Å². The van der Waals surface area contributed by atoms with E-state index in [-0.39, 0.29) is 29.8 Å². The van der Waals surface area contributed by atoms with Gasteiger partial charge in [0, 0.05) is 57.4 Å². The Labute approximate surface area is 264 Å². The van der Waals surface area contributed by atoms with Crippen LogP contribution in [0.2, 0.25) is 0 Å². The Bertz CT molecular complexity index is 1580.